The van der Waals surface area contributed by atoms with E-state index in [1.807, 2.05) is 50.3 Å². The highest BCUT2D eigenvalue weighted by Gasteiger charge is 2.78. The van der Waals surface area contributed by atoms with Gasteiger partial charge in [-0.05, 0) is 38.3 Å². The van der Waals surface area contributed by atoms with Gasteiger partial charge >= 0.3 is 0 Å². The van der Waals surface area contributed by atoms with Gasteiger partial charge < -0.3 is 4.74 Å². The van der Waals surface area contributed by atoms with Crippen LogP contribution in [0.1, 0.15) is 26.3 Å². The SMILES string of the molecule is C/C=C(\C)[C@]12O[C@H]1C(=O)[C@](C)(Cc1ccccc1)C2=O. The topological polar surface area (TPSA) is 46.7 Å². The van der Waals surface area contributed by atoms with Gasteiger partial charge in [0.25, 0.3) is 0 Å². The lowest BCUT2D eigenvalue weighted by molar-refractivity contribution is -0.141. The Morgan fingerprint density at radius 2 is 1.95 bits per heavy atom. The summed E-state index contributed by atoms with van der Waals surface area (Å²) >= 11 is 0. The first-order valence-electron chi connectivity index (χ1n) is 6.91. The average molecular weight is 270 g/mol. The second kappa shape index (κ2) is 4.13. The summed E-state index contributed by atoms with van der Waals surface area (Å²) in [6.07, 6.45) is 1.74. The second-order valence-corrected chi connectivity index (χ2v) is 5.89. The van der Waals surface area contributed by atoms with Crippen LogP contribution >= 0.6 is 0 Å². The normalized spacial score (nSPS) is 36.1. The van der Waals surface area contributed by atoms with Crippen molar-refractivity contribution in [3.05, 3.63) is 47.5 Å². The molecule has 1 saturated carbocycles. The molecule has 2 fully saturated rings. The molecule has 20 heavy (non-hydrogen) atoms. The molecule has 2 aliphatic rings. The number of fused-ring (bicyclic) bond motifs is 1. The summed E-state index contributed by atoms with van der Waals surface area (Å²) in [7, 11) is 0. The first kappa shape index (κ1) is 13.3. The van der Waals surface area contributed by atoms with Crippen LogP contribution in [0.5, 0.6) is 0 Å². The molecule has 3 atom stereocenters. The van der Waals surface area contributed by atoms with E-state index >= 15 is 0 Å². The zero-order valence-electron chi connectivity index (χ0n) is 12.0. The highest BCUT2D eigenvalue weighted by molar-refractivity contribution is 6.24. The molecule has 3 heteroatoms. The summed E-state index contributed by atoms with van der Waals surface area (Å²) in [5, 5.41) is 0. The molecule has 1 aliphatic carbocycles. The maximum Gasteiger partial charge on any atom is 0.185 e. The smallest absolute Gasteiger partial charge is 0.185 e. The third-order valence-corrected chi connectivity index (χ3v) is 4.66. The molecule has 0 bridgehead atoms. The number of rotatable bonds is 3. The third kappa shape index (κ3) is 1.50. The summed E-state index contributed by atoms with van der Waals surface area (Å²) in [6, 6.07) is 9.67. The Hall–Kier alpha value is -1.74. The number of carbonyl (C=O) groups excluding carboxylic acids is 2. The van der Waals surface area contributed by atoms with Crippen molar-refractivity contribution in [1.82, 2.24) is 0 Å². The molecule has 0 aromatic heterocycles. The van der Waals surface area contributed by atoms with E-state index in [1.54, 1.807) is 6.92 Å². The quantitative estimate of drug-likeness (QED) is 0.481. The van der Waals surface area contributed by atoms with E-state index in [0.717, 1.165) is 11.1 Å². The zero-order chi connectivity index (χ0) is 14.5. The van der Waals surface area contributed by atoms with E-state index in [9.17, 15) is 9.59 Å². The fraction of sp³-hybridized carbons (Fsp3) is 0.412. The molecule has 1 heterocycles. The van der Waals surface area contributed by atoms with Crippen LogP contribution in [0.2, 0.25) is 0 Å². The van der Waals surface area contributed by atoms with Gasteiger partial charge in [-0.15, -0.1) is 0 Å². The van der Waals surface area contributed by atoms with E-state index in [4.69, 9.17) is 4.74 Å². The predicted octanol–water partition coefficient (Wildman–Crippen LogP) is 2.49. The standard InChI is InChI=1S/C17H18O3/c1-4-11(2)17-14(20-17)13(18)16(3,15(17)19)10-12-8-6-5-7-9-12/h4-9,14H,10H2,1-3H3/b11-4+/t14-,16-,17-/m0/s1. The van der Waals surface area contributed by atoms with E-state index in [1.165, 1.54) is 0 Å². The molecule has 3 rings (SSSR count). The Bertz CT molecular complexity index is 616. The van der Waals surface area contributed by atoms with E-state index in [0.29, 0.717) is 6.42 Å². The highest BCUT2D eigenvalue weighted by Crippen LogP contribution is 2.57. The number of ether oxygens (including phenoxy) is 1. The van der Waals surface area contributed by atoms with E-state index < -0.39 is 17.1 Å². The minimum Gasteiger partial charge on any atom is -0.345 e. The first-order valence-corrected chi connectivity index (χ1v) is 6.91. The van der Waals surface area contributed by atoms with Crippen LogP contribution < -0.4 is 0 Å². The number of hydrogen-bond acceptors (Lipinski definition) is 3. The van der Waals surface area contributed by atoms with E-state index in [-0.39, 0.29) is 11.6 Å². The van der Waals surface area contributed by atoms with Crippen LogP contribution in [-0.2, 0) is 20.7 Å². The first-order chi connectivity index (χ1) is 9.46. The number of epoxide rings is 1. The number of Topliss-reactive ketones (excluding diaryl/α,β-unsaturated/α-hetero) is 2. The lowest BCUT2D eigenvalue weighted by atomic mass is 9.77. The van der Waals surface area contributed by atoms with Crippen LogP contribution in [0.15, 0.2) is 42.0 Å². The Morgan fingerprint density at radius 1 is 1.30 bits per heavy atom. The van der Waals surface area contributed by atoms with Gasteiger partial charge in [0, 0.05) is 0 Å². The molecule has 0 radical (unpaired) electrons. The molecule has 0 spiro atoms. The maximum atomic E-state index is 12.8. The van der Waals surface area contributed by atoms with Gasteiger partial charge in [-0.1, -0.05) is 36.4 Å². The molecule has 3 nitrogen and oxygen atoms in total. The van der Waals surface area contributed by atoms with E-state index in [2.05, 4.69) is 0 Å². The van der Waals surface area contributed by atoms with Gasteiger partial charge in [0.05, 0.1) is 5.41 Å². The minimum atomic E-state index is -0.964. The van der Waals surface area contributed by atoms with Crippen molar-refractivity contribution in [2.24, 2.45) is 5.41 Å². The second-order valence-electron chi connectivity index (χ2n) is 5.89. The van der Waals surface area contributed by atoms with Crippen molar-refractivity contribution < 1.29 is 14.3 Å². The summed E-state index contributed by atoms with van der Waals surface area (Å²) in [4.78, 5) is 25.4. The Balaban J connectivity index is 1.96. The summed E-state index contributed by atoms with van der Waals surface area (Å²) in [6.45, 7) is 5.48. The molecular formula is C17H18O3. The average Bonchev–Trinajstić information content (AvgIpc) is 3.18. The van der Waals surface area contributed by atoms with Crippen molar-refractivity contribution in [3.63, 3.8) is 0 Å². The lowest BCUT2D eigenvalue weighted by Crippen LogP contribution is -2.40. The molecule has 0 amide bonds. The van der Waals surface area contributed by atoms with Gasteiger partial charge in [0.1, 0.15) is 0 Å². The molecule has 0 unspecified atom stereocenters. The van der Waals surface area contributed by atoms with Crippen LogP contribution in [0.3, 0.4) is 0 Å². The van der Waals surface area contributed by atoms with Gasteiger partial charge in [0.15, 0.2) is 23.3 Å². The Labute approximate surface area is 118 Å². The minimum absolute atomic E-state index is 0.0763. The molecule has 1 aromatic carbocycles. The van der Waals surface area contributed by atoms with Gasteiger partial charge in [-0.3, -0.25) is 9.59 Å². The van der Waals surface area contributed by atoms with Crippen molar-refractivity contribution in [1.29, 1.82) is 0 Å². The highest BCUT2D eigenvalue weighted by atomic mass is 16.6. The summed E-state index contributed by atoms with van der Waals surface area (Å²) in [5.41, 5.74) is -0.0758. The van der Waals surface area contributed by atoms with Crippen LogP contribution in [0.4, 0.5) is 0 Å². The Kier molecular flexibility index (Phi) is 2.73. The fourth-order valence-electron chi connectivity index (χ4n) is 3.24. The fourth-order valence-corrected chi connectivity index (χ4v) is 3.24. The number of benzene rings is 1. The number of hydrogen-bond donors (Lipinski definition) is 0. The Morgan fingerprint density at radius 3 is 2.55 bits per heavy atom. The molecule has 1 saturated heterocycles. The molecular weight excluding hydrogens is 252 g/mol. The predicted molar refractivity (Wildman–Crippen MR) is 75.3 cm³/mol. The van der Waals surface area contributed by atoms with Crippen molar-refractivity contribution in [3.8, 4) is 0 Å². The monoisotopic (exact) mass is 270 g/mol. The molecule has 1 aromatic rings. The van der Waals surface area contributed by atoms with Crippen molar-refractivity contribution >= 4 is 11.6 Å². The molecule has 1 aliphatic heterocycles. The van der Waals surface area contributed by atoms with Crippen molar-refractivity contribution in [2.75, 3.05) is 0 Å². The number of carbonyl (C=O) groups is 2. The largest absolute Gasteiger partial charge is 0.345 e. The van der Waals surface area contributed by atoms with Crippen molar-refractivity contribution in [2.45, 2.75) is 38.9 Å². The summed E-state index contributed by atoms with van der Waals surface area (Å²) < 4.78 is 5.48. The lowest BCUT2D eigenvalue weighted by Gasteiger charge is -2.24. The zero-order valence-corrected chi connectivity index (χ0v) is 12.0. The number of allylic oxidation sites excluding steroid dienone is 1. The summed E-state index contributed by atoms with van der Waals surface area (Å²) in [5.74, 6) is -0.160. The molecule has 0 N–H and O–H groups in total. The van der Waals surface area contributed by atoms with Gasteiger partial charge in [0.2, 0.25) is 0 Å². The molecule has 104 valence electrons. The van der Waals surface area contributed by atoms with Gasteiger partial charge in [-0.2, -0.15) is 0 Å². The third-order valence-electron chi connectivity index (χ3n) is 4.66. The van der Waals surface area contributed by atoms with Crippen LogP contribution in [0.25, 0.3) is 0 Å². The number of ketones is 2. The maximum absolute atomic E-state index is 12.8. The van der Waals surface area contributed by atoms with Crippen LogP contribution in [-0.4, -0.2) is 23.3 Å². The van der Waals surface area contributed by atoms with Crippen LogP contribution in [0, 0.1) is 5.41 Å². The van der Waals surface area contributed by atoms with Gasteiger partial charge in [-0.25, -0.2) is 0 Å².